The first-order chi connectivity index (χ1) is 12.2. The largest absolute Gasteiger partial charge is 0.350 e. The third-order valence-electron chi connectivity index (χ3n) is 5.62. The van der Waals surface area contributed by atoms with Gasteiger partial charge in [-0.2, -0.15) is 0 Å². The minimum Gasteiger partial charge on any atom is -0.350 e. The number of rotatable bonds is 5. The molecule has 1 aliphatic heterocycles. The molecule has 1 aromatic carbocycles. The van der Waals surface area contributed by atoms with Gasteiger partial charge in [-0.05, 0) is 51.3 Å². The number of piperidine rings is 1. The van der Waals surface area contributed by atoms with Crippen LogP contribution in [-0.4, -0.2) is 40.5 Å². The monoisotopic (exact) mass is 339 g/mol. The molecule has 2 aliphatic rings. The van der Waals surface area contributed by atoms with Crippen LogP contribution in [0.2, 0.25) is 0 Å². The molecule has 132 valence electrons. The molecule has 1 saturated carbocycles. The summed E-state index contributed by atoms with van der Waals surface area (Å²) in [5, 5.41) is 14.9. The fourth-order valence-corrected chi connectivity index (χ4v) is 3.79. The average Bonchev–Trinajstić information content (AvgIpc) is 3.37. The van der Waals surface area contributed by atoms with Crippen LogP contribution in [-0.2, 0) is 5.41 Å². The average molecular weight is 339 g/mol. The molecule has 1 aliphatic carbocycles. The van der Waals surface area contributed by atoms with Crippen molar-refractivity contribution in [2.75, 3.05) is 19.6 Å². The molecule has 2 N–H and O–H groups in total. The Morgan fingerprint density at radius 1 is 1.28 bits per heavy atom. The maximum atomic E-state index is 12.6. The number of nitrogens with one attached hydrogen (secondary N) is 2. The second-order valence-electron chi connectivity index (χ2n) is 7.28. The van der Waals surface area contributed by atoms with E-state index in [1.165, 1.54) is 5.56 Å². The normalized spacial score (nSPS) is 19.6. The third kappa shape index (κ3) is 3.18. The van der Waals surface area contributed by atoms with E-state index in [-0.39, 0.29) is 11.3 Å². The SMILES string of the molecule is Cc1c(C(=O)NCC2(c3ccccc3)CC2)nnn1C1CCNCC1. The van der Waals surface area contributed by atoms with Crippen LogP contribution in [0.5, 0.6) is 0 Å². The van der Waals surface area contributed by atoms with Gasteiger partial charge in [0.2, 0.25) is 0 Å². The van der Waals surface area contributed by atoms with Crippen LogP contribution < -0.4 is 10.6 Å². The molecule has 0 radical (unpaired) electrons. The standard InChI is InChI=1S/C19H25N5O/c1-14-17(22-23-24(14)16-7-11-20-12-8-16)18(25)21-13-19(9-10-19)15-5-3-2-4-6-15/h2-6,16,20H,7-13H2,1H3,(H,21,25). The van der Waals surface area contributed by atoms with Crippen LogP contribution in [0, 0.1) is 6.92 Å². The number of aromatic nitrogens is 3. The first kappa shape index (κ1) is 16.3. The van der Waals surface area contributed by atoms with E-state index in [4.69, 9.17) is 0 Å². The van der Waals surface area contributed by atoms with Crippen LogP contribution in [0.4, 0.5) is 0 Å². The molecule has 2 heterocycles. The van der Waals surface area contributed by atoms with E-state index in [0.717, 1.165) is 44.5 Å². The van der Waals surface area contributed by atoms with Gasteiger partial charge in [-0.25, -0.2) is 4.68 Å². The molecule has 0 spiro atoms. The van der Waals surface area contributed by atoms with Gasteiger partial charge in [-0.3, -0.25) is 4.79 Å². The Hall–Kier alpha value is -2.21. The number of carbonyl (C=O) groups excluding carboxylic acids is 1. The zero-order valence-corrected chi connectivity index (χ0v) is 14.7. The molecule has 2 fully saturated rings. The molecule has 6 nitrogen and oxygen atoms in total. The van der Waals surface area contributed by atoms with Crippen LogP contribution in [0.3, 0.4) is 0 Å². The number of carbonyl (C=O) groups is 1. The van der Waals surface area contributed by atoms with Crippen molar-refractivity contribution in [1.82, 2.24) is 25.6 Å². The molecule has 0 bridgehead atoms. The fraction of sp³-hybridized carbons (Fsp3) is 0.526. The van der Waals surface area contributed by atoms with Gasteiger partial charge in [0.15, 0.2) is 5.69 Å². The van der Waals surface area contributed by atoms with Gasteiger partial charge in [-0.1, -0.05) is 35.5 Å². The summed E-state index contributed by atoms with van der Waals surface area (Å²) in [6.07, 6.45) is 4.31. The molecule has 1 saturated heterocycles. The highest BCUT2D eigenvalue weighted by Crippen LogP contribution is 2.47. The topological polar surface area (TPSA) is 71.8 Å². The Bertz CT molecular complexity index is 744. The molecule has 2 aromatic rings. The summed E-state index contributed by atoms with van der Waals surface area (Å²) in [4.78, 5) is 12.6. The molecular formula is C19H25N5O. The lowest BCUT2D eigenvalue weighted by atomic mass is 9.96. The molecule has 1 aromatic heterocycles. The minimum absolute atomic E-state index is 0.107. The summed E-state index contributed by atoms with van der Waals surface area (Å²) in [5.74, 6) is -0.111. The molecule has 0 atom stereocenters. The van der Waals surface area contributed by atoms with E-state index in [1.54, 1.807) is 0 Å². The highest BCUT2D eigenvalue weighted by molar-refractivity contribution is 5.93. The van der Waals surface area contributed by atoms with Crippen molar-refractivity contribution < 1.29 is 4.79 Å². The lowest BCUT2D eigenvalue weighted by Gasteiger charge is -2.23. The molecule has 0 unspecified atom stereocenters. The third-order valence-corrected chi connectivity index (χ3v) is 5.62. The van der Waals surface area contributed by atoms with Crippen LogP contribution in [0.25, 0.3) is 0 Å². The number of benzene rings is 1. The zero-order chi connectivity index (χ0) is 17.3. The molecule has 6 heteroatoms. The van der Waals surface area contributed by atoms with Crippen molar-refractivity contribution in [3.63, 3.8) is 0 Å². The van der Waals surface area contributed by atoms with Gasteiger partial charge in [0.05, 0.1) is 11.7 Å². The zero-order valence-electron chi connectivity index (χ0n) is 14.7. The summed E-state index contributed by atoms with van der Waals surface area (Å²) in [7, 11) is 0. The van der Waals surface area contributed by atoms with E-state index >= 15 is 0 Å². The van der Waals surface area contributed by atoms with Gasteiger partial charge in [0.1, 0.15) is 0 Å². The lowest BCUT2D eigenvalue weighted by Crippen LogP contribution is -2.33. The first-order valence-electron chi connectivity index (χ1n) is 9.16. The predicted octanol–water partition coefficient (Wildman–Crippen LogP) is 1.97. The summed E-state index contributed by atoms with van der Waals surface area (Å²) in [5.41, 5.74) is 2.75. The van der Waals surface area contributed by atoms with Crippen molar-refractivity contribution in [2.24, 2.45) is 0 Å². The van der Waals surface area contributed by atoms with Crippen LogP contribution in [0.15, 0.2) is 30.3 Å². The van der Waals surface area contributed by atoms with Gasteiger partial charge in [0.25, 0.3) is 5.91 Å². The Balaban J connectivity index is 1.43. The molecule has 4 rings (SSSR count). The maximum absolute atomic E-state index is 12.6. The van der Waals surface area contributed by atoms with Gasteiger partial charge in [0, 0.05) is 12.0 Å². The van der Waals surface area contributed by atoms with E-state index in [2.05, 4.69) is 45.2 Å². The van der Waals surface area contributed by atoms with Gasteiger partial charge < -0.3 is 10.6 Å². The number of nitrogens with zero attached hydrogens (tertiary/aromatic N) is 3. The second-order valence-corrected chi connectivity index (χ2v) is 7.28. The van der Waals surface area contributed by atoms with E-state index in [1.807, 2.05) is 17.7 Å². The Morgan fingerprint density at radius 2 is 2.00 bits per heavy atom. The van der Waals surface area contributed by atoms with Crippen molar-refractivity contribution in [3.05, 3.63) is 47.3 Å². The highest BCUT2D eigenvalue weighted by Gasteiger charge is 2.44. The lowest BCUT2D eigenvalue weighted by molar-refractivity contribution is 0.0944. The van der Waals surface area contributed by atoms with Gasteiger partial charge in [-0.15, -0.1) is 5.10 Å². The fourth-order valence-electron chi connectivity index (χ4n) is 3.79. The van der Waals surface area contributed by atoms with Crippen LogP contribution in [0.1, 0.15) is 53.5 Å². The summed E-state index contributed by atoms with van der Waals surface area (Å²) in [6, 6.07) is 10.8. The Kier molecular flexibility index (Phi) is 4.29. The van der Waals surface area contributed by atoms with E-state index < -0.39 is 0 Å². The number of hydrogen-bond donors (Lipinski definition) is 2. The molecule has 1 amide bonds. The Labute approximate surface area is 148 Å². The summed E-state index contributed by atoms with van der Waals surface area (Å²) in [6.45, 7) is 4.59. The minimum atomic E-state index is -0.111. The highest BCUT2D eigenvalue weighted by atomic mass is 16.2. The number of hydrogen-bond acceptors (Lipinski definition) is 4. The molecule has 25 heavy (non-hydrogen) atoms. The van der Waals surface area contributed by atoms with Crippen molar-refractivity contribution >= 4 is 5.91 Å². The van der Waals surface area contributed by atoms with E-state index in [0.29, 0.717) is 18.3 Å². The summed E-state index contributed by atoms with van der Waals surface area (Å²) < 4.78 is 1.93. The quantitative estimate of drug-likeness (QED) is 0.874. The van der Waals surface area contributed by atoms with Crippen molar-refractivity contribution in [1.29, 1.82) is 0 Å². The smallest absolute Gasteiger partial charge is 0.273 e. The van der Waals surface area contributed by atoms with Crippen molar-refractivity contribution in [2.45, 2.75) is 44.1 Å². The van der Waals surface area contributed by atoms with Gasteiger partial charge >= 0.3 is 0 Å². The number of amides is 1. The summed E-state index contributed by atoms with van der Waals surface area (Å²) >= 11 is 0. The van der Waals surface area contributed by atoms with E-state index in [9.17, 15) is 4.79 Å². The predicted molar refractivity (Wildman–Crippen MR) is 95.6 cm³/mol. The maximum Gasteiger partial charge on any atom is 0.273 e. The van der Waals surface area contributed by atoms with Crippen molar-refractivity contribution in [3.8, 4) is 0 Å². The first-order valence-corrected chi connectivity index (χ1v) is 9.16. The van der Waals surface area contributed by atoms with Crippen LogP contribution >= 0.6 is 0 Å². The second kappa shape index (κ2) is 6.59. The molecular weight excluding hydrogens is 314 g/mol. The Morgan fingerprint density at radius 3 is 2.68 bits per heavy atom.